The molecule has 0 amide bonds. The smallest absolute Gasteiger partial charge is 0.0163 e. The van der Waals surface area contributed by atoms with E-state index in [1.54, 1.807) is 0 Å². The zero-order valence-corrected chi connectivity index (χ0v) is 10.6. The van der Waals surface area contributed by atoms with Crippen molar-refractivity contribution in [3.8, 4) is 0 Å². The van der Waals surface area contributed by atoms with E-state index >= 15 is 0 Å². The van der Waals surface area contributed by atoms with Crippen molar-refractivity contribution in [3.05, 3.63) is 12.2 Å². The van der Waals surface area contributed by atoms with Gasteiger partial charge in [0.15, 0.2) is 0 Å². The highest BCUT2D eigenvalue weighted by Crippen LogP contribution is 1.95. The van der Waals surface area contributed by atoms with Crippen LogP contribution in [-0.2, 0) is 0 Å². The van der Waals surface area contributed by atoms with Gasteiger partial charge in [-0.05, 0) is 41.8 Å². The summed E-state index contributed by atoms with van der Waals surface area (Å²) in [5, 5.41) is 0. The van der Waals surface area contributed by atoms with Crippen LogP contribution in [0.3, 0.4) is 0 Å². The van der Waals surface area contributed by atoms with Crippen molar-refractivity contribution >= 4 is 0 Å². The molecule has 0 radical (unpaired) electrons. The lowest BCUT2D eigenvalue weighted by Crippen LogP contribution is -2.27. The second kappa shape index (κ2) is 7.02. The molecule has 0 rings (SSSR count). The largest absolute Gasteiger partial charge is 0.300 e. The van der Waals surface area contributed by atoms with Gasteiger partial charge in [0, 0.05) is 25.2 Å². The maximum atomic E-state index is 2.33. The Labute approximate surface area is 89.6 Å². The molecule has 0 aliphatic heterocycles. The third-order valence-corrected chi connectivity index (χ3v) is 2.72. The first-order valence-electron chi connectivity index (χ1n) is 5.50. The summed E-state index contributed by atoms with van der Waals surface area (Å²) in [5.41, 5.74) is 0. The van der Waals surface area contributed by atoms with Crippen LogP contribution in [0.25, 0.3) is 0 Å². The van der Waals surface area contributed by atoms with Crippen LogP contribution in [0, 0.1) is 0 Å². The highest BCUT2D eigenvalue weighted by molar-refractivity contribution is 4.87. The molecule has 0 aliphatic rings. The SMILES string of the molecule is CC(C)N(C)C/C=C\CN(C)C(C)C. The highest BCUT2D eigenvalue weighted by Gasteiger charge is 2.00. The maximum Gasteiger partial charge on any atom is 0.0163 e. The topological polar surface area (TPSA) is 6.48 Å². The third kappa shape index (κ3) is 6.17. The number of nitrogens with zero attached hydrogens (tertiary/aromatic N) is 2. The summed E-state index contributed by atoms with van der Waals surface area (Å²) in [6.45, 7) is 11.0. The van der Waals surface area contributed by atoms with Crippen LogP contribution in [0.1, 0.15) is 27.7 Å². The third-order valence-electron chi connectivity index (χ3n) is 2.72. The Kier molecular flexibility index (Phi) is 6.85. The molecule has 84 valence electrons. The van der Waals surface area contributed by atoms with E-state index in [1.807, 2.05) is 0 Å². The van der Waals surface area contributed by atoms with Gasteiger partial charge in [0.2, 0.25) is 0 Å². The molecule has 0 aliphatic carbocycles. The summed E-state index contributed by atoms with van der Waals surface area (Å²) in [7, 11) is 4.31. The lowest BCUT2D eigenvalue weighted by Gasteiger charge is -2.20. The summed E-state index contributed by atoms with van der Waals surface area (Å²) in [6, 6.07) is 1.25. The van der Waals surface area contributed by atoms with Gasteiger partial charge in [-0.15, -0.1) is 0 Å². The average molecular weight is 198 g/mol. The molecule has 0 saturated heterocycles. The van der Waals surface area contributed by atoms with Crippen molar-refractivity contribution in [2.75, 3.05) is 27.2 Å². The zero-order valence-electron chi connectivity index (χ0n) is 10.6. The minimum absolute atomic E-state index is 0.627. The predicted octanol–water partition coefficient (Wildman–Crippen LogP) is 2.22. The van der Waals surface area contributed by atoms with Gasteiger partial charge in [0.05, 0.1) is 0 Å². The lowest BCUT2D eigenvalue weighted by atomic mass is 10.3. The van der Waals surface area contributed by atoms with Crippen LogP contribution in [-0.4, -0.2) is 49.1 Å². The molecular formula is C12H26N2. The lowest BCUT2D eigenvalue weighted by molar-refractivity contribution is 0.295. The fourth-order valence-electron chi connectivity index (χ4n) is 0.903. The minimum atomic E-state index is 0.627. The molecule has 0 atom stereocenters. The number of hydrogen-bond donors (Lipinski definition) is 0. The van der Waals surface area contributed by atoms with Crippen LogP contribution in [0.2, 0.25) is 0 Å². The van der Waals surface area contributed by atoms with E-state index in [9.17, 15) is 0 Å². The average Bonchev–Trinajstić information content (AvgIpc) is 2.11. The van der Waals surface area contributed by atoms with Crippen molar-refractivity contribution in [2.45, 2.75) is 39.8 Å². The monoisotopic (exact) mass is 198 g/mol. The van der Waals surface area contributed by atoms with Crippen molar-refractivity contribution < 1.29 is 0 Å². The van der Waals surface area contributed by atoms with Crippen LogP contribution in [0.4, 0.5) is 0 Å². The van der Waals surface area contributed by atoms with Gasteiger partial charge in [-0.1, -0.05) is 12.2 Å². The van der Waals surface area contributed by atoms with Gasteiger partial charge in [-0.25, -0.2) is 0 Å². The van der Waals surface area contributed by atoms with Crippen molar-refractivity contribution in [2.24, 2.45) is 0 Å². The Morgan fingerprint density at radius 2 is 1.07 bits per heavy atom. The van der Waals surface area contributed by atoms with E-state index in [0.717, 1.165) is 13.1 Å². The number of hydrogen-bond acceptors (Lipinski definition) is 2. The van der Waals surface area contributed by atoms with E-state index in [4.69, 9.17) is 0 Å². The quantitative estimate of drug-likeness (QED) is 0.604. The van der Waals surface area contributed by atoms with Gasteiger partial charge in [-0.2, -0.15) is 0 Å². The predicted molar refractivity (Wildman–Crippen MR) is 64.7 cm³/mol. The molecule has 0 aromatic rings. The normalized spacial score (nSPS) is 13.0. The molecule has 0 fully saturated rings. The van der Waals surface area contributed by atoms with Gasteiger partial charge >= 0.3 is 0 Å². The Hall–Kier alpha value is -0.340. The van der Waals surface area contributed by atoms with E-state index < -0.39 is 0 Å². The highest BCUT2D eigenvalue weighted by atomic mass is 15.1. The fraction of sp³-hybridized carbons (Fsp3) is 0.833. The first-order chi connectivity index (χ1) is 6.45. The van der Waals surface area contributed by atoms with E-state index in [0.29, 0.717) is 12.1 Å². The first kappa shape index (κ1) is 13.7. The molecule has 0 aromatic carbocycles. The Morgan fingerprint density at radius 3 is 1.29 bits per heavy atom. The second-order valence-corrected chi connectivity index (χ2v) is 4.54. The molecular weight excluding hydrogens is 172 g/mol. The summed E-state index contributed by atoms with van der Waals surface area (Å²) in [5.74, 6) is 0. The second-order valence-electron chi connectivity index (χ2n) is 4.54. The van der Waals surface area contributed by atoms with Gasteiger partial charge in [0.25, 0.3) is 0 Å². The van der Waals surface area contributed by atoms with E-state index in [2.05, 4.69) is 63.7 Å². The summed E-state index contributed by atoms with van der Waals surface area (Å²) >= 11 is 0. The number of rotatable bonds is 6. The summed E-state index contributed by atoms with van der Waals surface area (Å²) < 4.78 is 0. The summed E-state index contributed by atoms with van der Waals surface area (Å²) in [4.78, 5) is 4.65. The molecule has 0 bridgehead atoms. The molecule has 2 heteroatoms. The van der Waals surface area contributed by atoms with Gasteiger partial charge < -0.3 is 9.80 Å². The molecule has 14 heavy (non-hydrogen) atoms. The molecule has 0 saturated carbocycles. The van der Waals surface area contributed by atoms with Crippen LogP contribution < -0.4 is 0 Å². The molecule has 0 heterocycles. The van der Waals surface area contributed by atoms with Crippen LogP contribution in [0.5, 0.6) is 0 Å². The Bertz CT molecular complexity index is 144. The molecule has 0 unspecified atom stereocenters. The van der Waals surface area contributed by atoms with Crippen molar-refractivity contribution in [1.29, 1.82) is 0 Å². The molecule has 2 nitrogen and oxygen atoms in total. The van der Waals surface area contributed by atoms with Crippen molar-refractivity contribution in [1.82, 2.24) is 9.80 Å². The molecule has 0 aromatic heterocycles. The van der Waals surface area contributed by atoms with Crippen LogP contribution >= 0.6 is 0 Å². The van der Waals surface area contributed by atoms with Crippen molar-refractivity contribution in [3.63, 3.8) is 0 Å². The van der Waals surface area contributed by atoms with Crippen LogP contribution in [0.15, 0.2) is 12.2 Å². The first-order valence-corrected chi connectivity index (χ1v) is 5.50. The standard InChI is InChI=1S/C12H26N2/c1-11(2)13(5)9-7-8-10-14(6)12(3)4/h7-8,11-12H,9-10H2,1-6H3/b8-7-. The zero-order chi connectivity index (χ0) is 11.1. The summed E-state index contributed by atoms with van der Waals surface area (Å²) in [6.07, 6.45) is 4.50. The Morgan fingerprint density at radius 1 is 0.786 bits per heavy atom. The fourth-order valence-corrected chi connectivity index (χ4v) is 0.903. The Balaban J connectivity index is 3.64. The van der Waals surface area contributed by atoms with Gasteiger partial charge in [-0.3, -0.25) is 0 Å². The molecule has 0 spiro atoms. The van der Waals surface area contributed by atoms with Gasteiger partial charge in [0.1, 0.15) is 0 Å². The van der Waals surface area contributed by atoms with E-state index in [1.165, 1.54) is 0 Å². The minimum Gasteiger partial charge on any atom is -0.300 e. The van der Waals surface area contributed by atoms with E-state index in [-0.39, 0.29) is 0 Å². The molecule has 0 N–H and O–H groups in total. The number of likely N-dealkylation sites (N-methyl/N-ethyl adjacent to an activating group) is 2. The maximum absolute atomic E-state index is 2.33.